The van der Waals surface area contributed by atoms with Crippen LogP contribution < -0.4 is 10.6 Å². The monoisotopic (exact) mass is 507 g/mol. The quantitative estimate of drug-likeness (QED) is 0.521. The van der Waals surface area contributed by atoms with Gasteiger partial charge in [-0.1, -0.05) is 0 Å². The van der Waals surface area contributed by atoms with Crippen LogP contribution in [0.2, 0.25) is 0 Å². The van der Waals surface area contributed by atoms with E-state index in [0.717, 1.165) is 23.9 Å². The molecule has 5 heterocycles. The minimum absolute atomic E-state index is 0.124. The van der Waals surface area contributed by atoms with Gasteiger partial charge in [-0.25, -0.2) is 32.8 Å². The number of aryl methyl sites for hydroxylation is 1. The number of nitrogens with zero attached hydrogens (tertiary/aromatic N) is 5. The molecule has 1 amide bonds. The Bertz CT molecular complexity index is 1390. The predicted octanol–water partition coefficient (Wildman–Crippen LogP) is 3.89. The first kappa shape index (κ1) is 23.2. The molecule has 0 saturated carbocycles. The summed E-state index contributed by atoms with van der Waals surface area (Å²) in [6.07, 6.45) is -6.75. The van der Waals surface area contributed by atoms with E-state index >= 15 is 0 Å². The number of hydrogen-bond donors (Lipinski definition) is 2. The van der Waals surface area contributed by atoms with Crippen LogP contribution in [0.15, 0.2) is 12.3 Å². The first-order valence-corrected chi connectivity index (χ1v) is 9.98. The van der Waals surface area contributed by atoms with E-state index < -0.39 is 54.7 Å². The molecule has 2 aliphatic heterocycles. The van der Waals surface area contributed by atoms with Crippen molar-refractivity contribution in [1.82, 2.24) is 24.7 Å². The zero-order valence-electron chi connectivity index (χ0n) is 17.4. The highest BCUT2D eigenvalue weighted by Gasteiger charge is 2.64. The van der Waals surface area contributed by atoms with Crippen molar-refractivity contribution in [2.24, 2.45) is 0 Å². The molecule has 0 unspecified atom stereocenters. The van der Waals surface area contributed by atoms with Crippen molar-refractivity contribution in [3.05, 3.63) is 23.6 Å². The molecule has 0 aromatic carbocycles. The van der Waals surface area contributed by atoms with Gasteiger partial charge in [-0.15, -0.1) is 0 Å². The fourth-order valence-corrected chi connectivity index (χ4v) is 4.07. The third-order valence-corrected chi connectivity index (χ3v) is 6.12. The lowest BCUT2D eigenvalue weighted by molar-refractivity contribution is -0.285. The number of alkyl halides is 7. The summed E-state index contributed by atoms with van der Waals surface area (Å²) < 4.78 is 108. The van der Waals surface area contributed by atoms with E-state index in [9.17, 15) is 39.9 Å². The largest absolute Gasteiger partial charge is 0.453 e. The van der Waals surface area contributed by atoms with Crippen molar-refractivity contribution in [3.8, 4) is 11.5 Å². The molecule has 8 nitrogen and oxygen atoms in total. The lowest BCUT2D eigenvalue weighted by Crippen LogP contribution is -2.54. The number of halogens is 8. The molecule has 3 aromatic rings. The topological polar surface area (TPSA) is 97.6 Å². The highest BCUT2D eigenvalue weighted by molar-refractivity contribution is 6.08. The molecule has 1 atom stereocenters. The normalized spacial score (nSPS) is 21.1. The minimum atomic E-state index is -5.79. The van der Waals surface area contributed by atoms with Crippen LogP contribution in [0.1, 0.15) is 18.9 Å². The van der Waals surface area contributed by atoms with Crippen LogP contribution in [-0.2, 0) is 16.8 Å². The Morgan fingerprint density at radius 2 is 1.83 bits per heavy atom. The van der Waals surface area contributed by atoms with Gasteiger partial charge in [0.05, 0.1) is 23.7 Å². The molecule has 0 fully saturated rings. The maximum absolute atomic E-state index is 14.6. The molecule has 0 radical (unpaired) electrons. The molecule has 2 aliphatic rings. The molecule has 5 rings (SSSR count). The molecule has 0 saturated heterocycles. The zero-order valence-corrected chi connectivity index (χ0v) is 17.4. The van der Waals surface area contributed by atoms with Gasteiger partial charge in [-0.05, 0) is 13.0 Å². The Morgan fingerprint density at radius 3 is 2.51 bits per heavy atom. The molecular formula is C19H13F8N7O. The summed E-state index contributed by atoms with van der Waals surface area (Å²) in [6, 6.07) is 0.898. The van der Waals surface area contributed by atoms with Gasteiger partial charge >= 0.3 is 12.1 Å². The Labute approximate surface area is 189 Å². The van der Waals surface area contributed by atoms with Gasteiger partial charge in [-0.3, -0.25) is 4.79 Å². The first-order chi connectivity index (χ1) is 16.2. The molecule has 0 aliphatic carbocycles. The summed E-state index contributed by atoms with van der Waals surface area (Å²) in [5, 5.41) is 8.50. The Balaban J connectivity index is 1.62. The summed E-state index contributed by atoms with van der Waals surface area (Å²) in [7, 11) is 0. The predicted molar refractivity (Wildman–Crippen MR) is 104 cm³/mol. The number of amides is 1. The average molecular weight is 507 g/mol. The summed E-state index contributed by atoms with van der Waals surface area (Å²) in [6.45, 7) is -0.845. The van der Waals surface area contributed by atoms with Crippen molar-refractivity contribution in [2.75, 3.05) is 17.2 Å². The van der Waals surface area contributed by atoms with Crippen LogP contribution in [0.4, 0.5) is 46.8 Å². The molecule has 2 N–H and O–H groups in total. The van der Waals surface area contributed by atoms with Gasteiger partial charge in [0, 0.05) is 13.0 Å². The summed E-state index contributed by atoms with van der Waals surface area (Å²) in [5.74, 6) is -11.1. The second-order valence-electron chi connectivity index (χ2n) is 8.31. The van der Waals surface area contributed by atoms with E-state index in [0.29, 0.717) is 0 Å². The van der Waals surface area contributed by atoms with Gasteiger partial charge in [0.25, 0.3) is 5.92 Å². The molecule has 35 heavy (non-hydrogen) atoms. The fraction of sp³-hybridized carbons (Fsp3) is 0.421. The van der Waals surface area contributed by atoms with Gasteiger partial charge in [0.15, 0.2) is 11.5 Å². The lowest BCUT2D eigenvalue weighted by atomic mass is 9.76. The number of anilines is 2. The van der Waals surface area contributed by atoms with E-state index in [-0.39, 0.29) is 39.8 Å². The van der Waals surface area contributed by atoms with E-state index in [1.807, 2.05) is 0 Å². The van der Waals surface area contributed by atoms with Crippen LogP contribution in [-0.4, -0.2) is 55.2 Å². The Morgan fingerprint density at radius 1 is 1.14 bits per heavy atom. The maximum atomic E-state index is 14.6. The third kappa shape index (κ3) is 3.21. The number of hydrogen-bond acceptors (Lipinski definition) is 6. The smallest absolute Gasteiger partial charge is 0.364 e. The lowest BCUT2D eigenvalue weighted by Gasteiger charge is -2.36. The van der Waals surface area contributed by atoms with Crippen LogP contribution in [0.5, 0.6) is 0 Å². The third-order valence-electron chi connectivity index (χ3n) is 6.12. The SMILES string of the molecule is C[C@]12C(=O)Nc3nc(-c4nn(CCC(F)(F)C(F)(F)F)c5ncc(F)cc45)nc(c31)NCC2(F)F. The second kappa shape index (κ2) is 6.97. The van der Waals surface area contributed by atoms with Crippen molar-refractivity contribution in [3.63, 3.8) is 0 Å². The van der Waals surface area contributed by atoms with Crippen molar-refractivity contribution in [2.45, 2.75) is 43.3 Å². The van der Waals surface area contributed by atoms with Crippen molar-refractivity contribution < 1.29 is 39.9 Å². The van der Waals surface area contributed by atoms with Gasteiger partial charge in [0.1, 0.15) is 28.6 Å². The Kier molecular flexibility index (Phi) is 4.62. The van der Waals surface area contributed by atoms with E-state index in [4.69, 9.17) is 0 Å². The zero-order chi connectivity index (χ0) is 25.6. The molecule has 3 aromatic heterocycles. The first-order valence-electron chi connectivity index (χ1n) is 9.98. The van der Waals surface area contributed by atoms with Crippen molar-refractivity contribution >= 4 is 28.6 Å². The van der Waals surface area contributed by atoms with E-state index in [1.165, 1.54) is 0 Å². The molecule has 16 heteroatoms. The average Bonchev–Trinajstić information content (AvgIpc) is 3.24. The number of aromatic nitrogens is 5. The number of carbonyl (C=O) groups excluding carboxylic acids is 1. The fourth-order valence-electron chi connectivity index (χ4n) is 4.07. The summed E-state index contributed by atoms with van der Waals surface area (Å²) >= 11 is 0. The summed E-state index contributed by atoms with van der Waals surface area (Å²) in [5.41, 5.74) is -2.95. The number of pyridine rings is 1. The standard InChI is InChI=1S/C19H13F8N7O/c1-16-9-11(29-6-18(16,23)24)30-13(31-12(9)32-15(16)35)10-8-4-7(20)5-28-14(8)34(33-10)3-2-17(21,22)19(25,26)27/h4-5H,2-3,6H2,1H3,(H2,29,30,31,32,35)/t16-/m1/s1. The minimum Gasteiger partial charge on any atom is -0.364 e. The van der Waals surface area contributed by atoms with Gasteiger partial charge in [-0.2, -0.15) is 27.1 Å². The van der Waals surface area contributed by atoms with Crippen LogP contribution in [0, 0.1) is 5.82 Å². The second-order valence-corrected chi connectivity index (χ2v) is 8.31. The van der Waals surface area contributed by atoms with Crippen LogP contribution in [0.3, 0.4) is 0 Å². The molecule has 0 bridgehead atoms. The Hall–Kier alpha value is -3.59. The van der Waals surface area contributed by atoms with Crippen molar-refractivity contribution in [1.29, 1.82) is 0 Å². The van der Waals surface area contributed by atoms with E-state index in [1.54, 1.807) is 0 Å². The number of rotatable bonds is 4. The number of nitrogens with one attached hydrogen (secondary N) is 2. The van der Waals surface area contributed by atoms with Crippen LogP contribution >= 0.6 is 0 Å². The molecule has 186 valence electrons. The summed E-state index contributed by atoms with van der Waals surface area (Å²) in [4.78, 5) is 24.3. The molecule has 0 spiro atoms. The highest BCUT2D eigenvalue weighted by Crippen LogP contribution is 2.52. The maximum Gasteiger partial charge on any atom is 0.453 e. The van der Waals surface area contributed by atoms with Gasteiger partial charge < -0.3 is 10.6 Å². The number of carbonyl (C=O) groups is 1. The van der Waals surface area contributed by atoms with E-state index in [2.05, 4.69) is 30.7 Å². The highest BCUT2D eigenvalue weighted by atomic mass is 19.4. The van der Waals surface area contributed by atoms with Crippen LogP contribution in [0.25, 0.3) is 22.6 Å². The van der Waals surface area contributed by atoms with Gasteiger partial charge in [0.2, 0.25) is 5.91 Å². The number of fused-ring (bicyclic) bond motifs is 1. The molecular weight excluding hydrogens is 494 g/mol.